The normalized spacial score (nSPS) is 19.0. The van der Waals surface area contributed by atoms with Crippen molar-refractivity contribution in [3.05, 3.63) is 53.7 Å². The van der Waals surface area contributed by atoms with Gasteiger partial charge >= 0.3 is 0 Å². The van der Waals surface area contributed by atoms with Crippen molar-refractivity contribution < 1.29 is 9.53 Å². The van der Waals surface area contributed by atoms with Crippen molar-refractivity contribution in [2.24, 2.45) is 0 Å². The van der Waals surface area contributed by atoms with Gasteiger partial charge in [-0.05, 0) is 56.5 Å². The van der Waals surface area contributed by atoms with E-state index in [9.17, 15) is 4.79 Å². The van der Waals surface area contributed by atoms with E-state index in [4.69, 9.17) is 4.74 Å². The smallest absolute Gasteiger partial charge is 0.272 e. The van der Waals surface area contributed by atoms with Crippen molar-refractivity contribution >= 4 is 11.7 Å². The second-order valence-electron chi connectivity index (χ2n) is 7.71. The Hall–Kier alpha value is -2.51. The van der Waals surface area contributed by atoms with Crippen LogP contribution in [0, 0.1) is 0 Å². The summed E-state index contributed by atoms with van der Waals surface area (Å²) in [5.74, 6) is 0.517. The lowest BCUT2D eigenvalue weighted by Gasteiger charge is -2.28. The molecular weight excluding hydrogens is 366 g/mol. The number of anilines is 1. The summed E-state index contributed by atoms with van der Waals surface area (Å²) in [6.45, 7) is 4.39. The molecule has 2 saturated heterocycles. The molecule has 2 aliphatic rings. The average molecular weight is 396 g/mol. The summed E-state index contributed by atoms with van der Waals surface area (Å²) in [6.07, 6.45) is 4.19. The number of likely N-dealkylation sites (tertiary alicyclic amines) is 1. The van der Waals surface area contributed by atoms with Crippen LogP contribution in [0.3, 0.4) is 0 Å². The molecule has 1 amide bonds. The predicted molar refractivity (Wildman–Crippen MR) is 112 cm³/mol. The van der Waals surface area contributed by atoms with E-state index in [1.54, 1.807) is 6.07 Å². The van der Waals surface area contributed by atoms with Gasteiger partial charge in [-0.2, -0.15) is 0 Å². The van der Waals surface area contributed by atoms with Crippen LogP contribution in [0.25, 0.3) is 0 Å². The van der Waals surface area contributed by atoms with E-state index in [1.165, 1.54) is 18.4 Å². The molecule has 3 heterocycles. The Morgan fingerprint density at radius 3 is 2.52 bits per heavy atom. The fourth-order valence-electron chi connectivity index (χ4n) is 4.04. The molecule has 2 aliphatic heterocycles. The molecule has 0 spiro atoms. The van der Waals surface area contributed by atoms with E-state index in [0.717, 1.165) is 32.5 Å². The van der Waals surface area contributed by atoms with Crippen molar-refractivity contribution in [3.8, 4) is 0 Å². The maximum absolute atomic E-state index is 12.4. The van der Waals surface area contributed by atoms with Crippen LogP contribution < -0.4 is 10.6 Å². The Morgan fingerprint density at radius 2 is 1.83 bits per heavy atom. The number of ether oxygens (including phenoxy) is 1. The predicted octanol–water partition coefficient (Wildman–Crippen LogP) is 2.63. The van der Waals surface area contributed by atoms with E-state index in [2.05, 4.69) is 50.0 Å². The zero-order chi connectivity index (χ0) is 19.9. The lowest BCUT2D eigenvalue weighted by molar-refractivity contribution is 0.0693. The Morgan fingerprint density at radius 1 is 1.07 bits per heavy atom. The Labute approximate surface area is 171 Å². The summed E-state index contributed by atoms with van der Waals surface area (Å²) in [4.78, 5) is 14.9. The maximum Gasteiger partial charge on any atom is 0.272 e. The zero-order valence-electron chi connectivity index (χ0n) is 16.7. The number of carbonyl (C=O) groups excluding carboxylic acids is 1. The quantitative estimate of drug-likeness (QED) is 0.750. The van der Waals surface area contributed by atoms with E-state index >= 15 is 0 Å². The summed E-state index contributed by atoms with van der Waals surface area (Å²) >= 11 is 0. The van der Waals surface area contributed by atoms with Gasteiger partial charge in [0.05, 0.1) is 6.04 Å². The number of carbonyl (C=O) groups is 1. The zero-order valence-corrected chi connectivity index (χ0v) is 16.7. The van der Waals surface area contributed by atoms with Crippen LogP contribution in [0.15, 0.2) is 42.5 Å². The first kappa shape index (κ1) is 19.8. The van der Waals surface area contributed by atoms with Crippen molar-refractivity contribution in [2.45, 2.75) is 37.8 Å². The number of nitrogens with zero attached hydrogens (tertiary/aromatic N) is 3. The summed E-state index contributed by atoms with van der Waals surface area (Å²) in [5, 5.41) is 14.8. The minimum absolute atomic E-state index is 0.156. The van der Waals surface area contributed by atoms with Crippen LogP contribution >= 0.6 is 0 Å². The number of rotatable bonds is 7. The van der Waals surface area contributed by atoms with Crippen LogP contribution in [-0.4, -0.2) is 59.9 Å². The average Bonchev–Trinajstić information content (AvgIpc) is 3.30. The molecule has 0 bridgehead atoms. The van der Waals surface area contributed by atoms with Gasteiger partial charge in [-0.1, -0.05) is 30.3 Å². The minimum Gasteiger partial charge on any atom is -0.381 e. The molecule has 0 aliphatic carbocycles. The molecule has 2 N–H and O–H groups in total. The number of benzene rings is 1. The molecule has 7 nitrogen and oxygen atoms in total. The van der Waals surface area contributed by atoms with Crippen LogP contribution in [0.4, 0.5) is 5.82 Å². The highest BCUT2D eigenvalue weighted by molar-refractivity contribution is 5.92. The van der Waals surface area contributed by atoms with Gasteiger partial charge in [0.25, 0.3) is 5.91 Å². The van der Waals surface area contributed by atoms with Crippen molar-refractivity contribution in [1.29, 1.82) is 0 Å². The van der Waals surface area contributed by atoms with Gasteiger partial charge in [-0.15, -0.1) is 10.2 Å². The molecule has 1 aromatic heterocycles. The number of amides is 1. The van der Waals surface area contributed by atoms with Crippen LogP contribution in [0.1, 0.15) is 47.8 Å². The third-order valence-electron chi connectivity index (χ3n) is 5.70. The van der Waals surface area contributed by atoms with Crippen LogP contribution in [0.2, 0.25) is 0 Å². The largest absolute Gasteiger partial charge is 0.381 e. The fraction of sp³-hybridized carbons (Fsp3) is 0.500. The molecule has 2 aromatic rings. The van der Waals surface area contributed by atoms with Gasteiger partial charge in [-0.25, -0.2) is 0 Å². The van der Waals surface area contributed by atoms with Gasteiger partial charge in [0.15, 0.2) is 5.69 Å². The molecule has 1 atom stereocenters. The Kier molecular flexibility index (Phi) is 6.69. The standard InChI is InChI=1S/C22H29N5O2/c28-22(24-18-10-14-29-15-11-18)19-8-9-21(26-25-19)23-16-20(27-12-4-5-13-27)17-6-2-1-3-7-17/h1-3,6-9,18,20H,4-5,10-16H2,(H,23,26)(H,24,28). The monoisotopic (exact) mass is 395 g/mol. The summed E-state index contributed by atoms with van der Waals surface area (Å²) in [7, 11) is 0. The molecule has 1 aromatic carbocycles. The molecule has 7 heteroatoms. The number of hydrogen-bond acceptors (Lipinski definition) is 6. The second kappa shape index (κ2) is 9.80. The highest BCUT2D eigenvalue weighted by Crippen LogP contribution is 2.25. The molecule has 0 saturated carbocycles. The third-order valence-corrected chi connectivity index (χ3v) is 5.70. The summed E-state index contributed by atoms with van der Waals surface area (Å²) in [6, 6.07) is 14.6. The molecule has 2 fully saturated rings. The molecule has 154 valence electrons. The van der Waals surface area contributed by atoms with Crippen molar-refractivity contribution in [1.82, 2.24) is 20.4 Å². The van der Waals surface area contributed by atoms with E-state index in [0.29, 0.717) is 30.8 Å². The van der Waals surface area contributed by atoms with E-state index in [1.807, 2.05) is 12.1 Å². The lowest BCUT2D eigenvalue weighted by atomic mass is 10.1. The van der Waals surface area contributed by atoms with Crippen molar-refractivity contribution in [2.75, 3.05) is 38.2 Å². The van der Waals surface area contributed by atoms with Crippen molar-refractivity contribution in [3.63, 3.8) is 0 Å². The Bertz CT molecular complexity index is 772. The lowest BCUT2D eigenvalue weighted by Crippen LogP contribution is -2.39. The highest BCUT2D eigenvalue weighted by atomic mass is 16.5. The minimum atomic E-state index is -0.171. The SMILES string of the molecule is O=C(NC1CCOCC1)c1ccc(NCC(c2ccccc2)N2CCCC2)nn1. The topological polar surface area (TPSA) is 79.4 Å². The van der Waals surface area contributed by atoms with E-state index < -0.39 is 0 Å². The summed E-state index contributed by atoms with van der Waals surface area (Å²) < 4.78 is 5.33. The fourth-order valence-corrected chi connectivity index (χ4v) is 4.04. The van der Waals surface area contributed by atoms with Gasteiger partial charge < -0.3 is 15.4 Å². The van der Waals surface area contributed by atoms with Gasteiger partial charge in [0, 0.05) is 25.8 Å². The number of aromatic nitrogens is 2. The maximum atomic E-state index is 12.4. The first-order valence-corrected chi connectivity index (χ1v) is 10.5. The highest BCUT2D eigenvalue weighted by Gasteiger charge is 2.23. The van der Waals surface area contributed by atoms with Gasteiger partial charge in [-0.3, -0.25) is 9.69 Å². The first-order chi connectivity index (χ1) is 14.3. The summed E-state index contributed by atoms with van der Waals surface area (Å²) in [5.41, 5.74) is 1.66. The van der Waals surface area contributed by atoms with Crippen LogP contribution in [0.5, 0.6) is 0 Å². The second-order valence-corrected chi connectivity index (χ2v) is 7.71. The van der Waals surface area contributed by atoms with Gasteiger partial charge in [0.1, 0.15) is 5.82 Å². The third kappa shape index (κ3) is 5.31. The molecule has 1 unspecified atom stereocenters. The molecule has 29 heavy (non-hydrogen) atoms. The van der Waals surface area contributed by atoms with Gasteiger partial charge in [0.2, 0.25) is 0 Å². The number of nitrogens with one attached hydrogen (secondary N) is 2. The molecule has 4 rings (SSSR count). The first-order valence-electron chi connectivity index (χ1n) is 10.5. The van der Waals surface area contributed by atoms with Crippen LogP contribution in [-0.2, 0) is 4.74 Å². The number of hydrogen-bond donors (Lipinski definition) is 2. The molecular formula is C22H29N5O2. The Balaban J connectivity index is 1.35. The molecule has 0 radical (unpaired) electrons. The van der Waals surface area contributed by atoms with E-state index in [-0.39, 0.29) is 11.9 Å².